The van der Waals surface area contributed by atoms with Crippen molar-refractivity contribution in [3.63, 3.8) is 0 Å². The highest BCUT2D eigenvalue weighted by molar-refractivity contribution is 5.85. The summed E-state index contributed by atoms with van der Waals surface area (Å²) in [5.41, 5.74) is 1.68. The zero-order valence-electron chi connectivity index (χ0n) is 10.6. The van der Waals surface area contributed by atoms with Crippen LogP contribution in [-0.4, -0.2) is 28.2 Å². The van der Waals surface area contributed by atoms with Crippen LogP contribution >= 0.6 is 12.4 Å². The number of hydrogen-bond donors (Lipinski definition) is 3. The van der Waals surface area contributed by atoms with Crippen LogP contribution in [0.3, 0.4) is 0 Å². The molecule has 19 heavy (non-hydrogen) atoms. The van der Waals surface area contributed by atoms with Crippen molar-refractivity contribution in [2.24, 2.45) is 0 Å². The lowest BCUT2D eigenvalue weighted by molar-refractivity contribution is -0.138. The average Bonchev–Trinajstić information content (AvgIpc) is 2.30. The highest BCUT2D eigenvalue weighted by Crippen LogP contribution is 2.18. The van der Waals surface area contributed by atoms with Crippen molar-refractivity contribution in [1.82, 2.24) is 0 Å². The molecule has 0 radical (unpaired) electrons. The van der Waals surface area contributed by atoms with E-state index in [9.17, 15) is 9.59 Å². The fourth-order valence-electron chi connectivity index (χ4n) is 1.60. The van der Waals surface area contributed by atoms with E-state index >= 15 is 0 Å². The van der Waals surface area contributed by atoms with E-state index in [1.165, 1.54) is 0 Å². The van der Waals surface area contributed by atoms with Crippen molar-refractivity contribution in [2.75, 3.05) is 5.32 Å². The van der Waals surface area contributed by atoms with Gasteiger partial charge in [0.05, 0.1) is 0 Å². The lowest BCUT2D eigenvalue weighted by Gasteiger charge is -2.14. The number of rotatable bonds is 7. The predicted octanol–water partition coefficient (Wildman–Crippen LogP) is 2.40. The van der Waals surface area contributed by atoms with Crippen LogP contribution in [0, 0.1) is 0 Å². The molecule has 1 aromatic carbocycles. The van der Waals surface area contributed by atoms with Gasteiger partial charge < -0.3 is 15.5 Å². The van der Waals surface area contributed by atoms with Crippen LogP contribution < -0.4 is 5.32 Å². The van der Waals surface area contributed by atoms with Gasteiger partial charge in [0.15, 0.2) is 0 Å². The Morgan fingerprint density at radius 2 is 1.89 bits per heavy atom. The first-order chi connectivity index (χ1) is 8.50. The van der Waals surface area contributed by atoms with Gasteiger partial charge in [-0.2, -0.15) is 0 Å². The third-order valence-electron chi connectivity index (χ3n) is 2.60. The van der Waals surface area contributed by atoms with Gasteiger partial charge in [0.2, 0.25) is 0 Å². The molecule has 3 N–H and O–H groups in total. The summed E-state index contributed by atoms with van der Waals surface area (Å²) in [5, 5.41) is 20.3. The van der Waals surface area contributed by atoms with Gasteiger partial charge in [0, 0.05) is 12.1 Å². The Labute approximate surface area is 118 Å². The maximum Gasteiger partial charge on any atom is 0.325 e. The van der Waals surface area contributed by atoms with E-state index in [0.717, 1.165) is 11.3 Å². The summed E-state index contributed by atoms with van der Waals surface area (Å²) in [7, 11) is 0. The average molecular weight is 288 g/mol. The number of aryl methyl sites for hydroxylation is 1. The van der Waals surface area contributed by atoms with Crippen molar-refractivity contribution >= 4 is 30.0 Å². The van der Waals surface area contributed by atoms with Gasteiger partial charge in [0.25, 0.3) is 0 Å². The van der Waals surface area contributed by atoms with Gasteiger partial charge in [0.1, 0.15) is 6.04 Å². The lowest BCUT2D eigenvalue weighted by Crippen LogP contribution is -2.25. The maximum absolute atomic E-state index is 10.8. The molecule has 0 heterocycles. The van der Waals surface area contributed by atoms with Crippen LogP contribution in [-0.2, 0) is 16.0 Å². The number of benzene rings is 1. The number of halogens is 1. The quantitative estimate of drug-likeness (QED) is 0.717. The van der Waals surface area contributed by atoms with Crippen LogP contribution in [0.5, 0.6) is 0 Å². The molecule has 1 atom stereocenters. The molecule has 0 aliphatic carbocycles. The normalized spacial score (nSPS) is 11.2. The first-order valence-corrected chi connectivity index (χ1v) is 5.79. The van der Waals surface area contributed by atoms with Crippen LogP contribution in [0.1, 0.15) is 25.3 Å². The predicted molar refractivity (Wildman–Crippen MR) is 75.0 cm³/mol. The van der Waals surface area contributed by atoms with E-state index in [-0.39, 0.29) is 18.8 Å². The highest BCUT2D eigenvalue weighted by Gasteiger charge is 2.12. The largest absolute Gasteiger partial charge is 0.481 e. The van der Waals surface area contributed by atoms with E-state index in [0.29, 0.717) is 12.8 Å². The number of hydrogen-bond acceptors (Lipinski definition) is 3. The van der Waals surface area contributed by atoms with Crippen LogP contribution in [0.4, 0.5) is 5.69 Å². The Morgan fingerprint density at radius 3 is 2.47 bits per heavy atom. The monoisotopic (exact) mass is 287 g/mol. The fraction of sp³-hybridized carbons (Fsp3) is 0.385. The highest BCUT2D eigenvalue weighted by atomic mass is 35.5. The Kier molecular flexibility index (Phi) is 7.60. The minimum Gasteiger partial charge on any atom is -0.481 e. The number of nitrogens with one attached hydrogen (secondary N) is 1. The zero-order valence-corrected chi connectivity index (χ0v) is 11.4. The summed E-state index contributed by atoms with van der Waals surface area (Å²) in [6.07, 6.45) is 1.26. The van der Waals surface area contributed by atoms with E-state index in [2.05, 4.69) is 5.32 Å². The second kappa shape index (κ2) is 8.37. The molecule has 1 unspecified atom stereocenters. The minimum atomic E-state index is -0.921. The van der Waals surface area contributed by atoms with E-state index in [1.807, 2.05) is 18.2 Å². The molecule has 0 bridgehead atoms. The van der Waals surface area contributed by atoms with Gasteiger partial charge in [-0.25, -0.2) is 0 Å². The molecule has 1 rings (SSSR count). The van der Waals surface area contributed by atoms with Crippen molar-refractivity contribution in [2.45, 2.75) is 32.2 Å². The second-order valence-electron chi connectivity index (χ2n) is 4.11. The smallest absolute Gasteiger partial charge is 0.325 e. The number of aliphatic carboxylic acids is 2. The van der Waals surface area contributed by atoms with E-state index < -0.39 is 18.0 Å². The number of carbonyl (C=O) groups is 2. The molecule has 0 aliphatic rings. The molecule has 0 aliphatic heterocycles. The van der Waals surface area contributed by atoms with Crippen LogP contribution in [0.15, 0.2) is 24.3 Å². The maximum atomic E-state index is 10.8. The van der Waals surface area contributed by atoms with Crippen molar-refractivity contribution in [3.8, 4) is 0 Å². The number of anilines is 1. The molecule has 0 fully saturated rings. The number of para-hydroxylation sites is 1. The van der Waals surface area contributed by atoms with Crippen LogP contribution in [0.25, 0.3) is 0 Å². The van der Waals surface area contributed by atoms with Crippen molar-refractivity contribution < 1.29 is 19.8 Å². The summed E-state index contributed by atoms with van der Waals surface area (Å²) in [4.78, 5) is 21.2. The van der Waals surface area contributed by atoms with Crippen LogP contribution in [0.2, 0.25) is 0 Å². The Balaban J connectivity index is 0.00000324. The number of carboxylic acids is 2. The van der Waals surface area contributed by atoms with Gasteiger partial charge in [-0.05, 0) is 31.4 Å². The Bertz CT molecular complexity index is 436. The van der Waals surface area contributed by atoms with E-state index in [4.69, 9.17) is 10.2 Å². The summed E-state index contributed by atoms with van der Waals surface area (Å²) >= 11 is 0. The third-order valence-corrected chi connectivity index (χ3v) is 2.60. The van der Waals surface area contributed by atoms with Gasteiger partial charge in [-0.3, -0.25) is 9.59 Å². The molecule has 106 valence electrons. The topological polar surface area (TPSA) is 86.6 Å². The summed E-state index contributed by atoms with van der Waals surface area (Å²) in [5.74, 6) is -1.74. The first-order valence-electron chi connectivity index (χ1n) is 5.79. The zero-order chi connectivity index (χ0) is 13.5. The molecule has 6 heteroatoms. The third kappa shape index (κ3) is 6.10. The SMILES string of the molecule is CC(Nc1ccccc1CCCC(=O)O)C(=O)O.Cl. The molecular formula is C13H18ClNO4. The Hall–Kier alpha value is -1.75. The molecule has 0 amide bonds. The molecule has 0 saturated carbocycles. The standard InChI is InChI=1S/C13H17NO4.ClH/c1-9(13(17)18)14-11-7-3-2-5-10(11)6-4-8-12(15)16;/h2-3,5,7,9,14H,4,6,8H2,1H3,(H,15,16)(H,17,18);1H. The molecule has 0 saturated heterocycles. The first kappa shape index (κ1) is 17.2. The summed E-state index contributed by atoms with van der Waals surface area (Å²) in [6.45, 7) is 1.57. The molecule has 5 nitrogen and oxygen atoms in total. The second-order valence-corrected chi connectivity index (χ2v) is 4.11. The van der Waals surface area contributed by atoms with Crippen molar-refractivity contribution in [3.05, 3.63) is 29.8 Å². The van der Waals surface area contributed by atoms with Gasteiger partial charge >= 0.3 is 11.9 Å². The summed E-state index contributed by atoms with van der Waals surface area (Å²) in [6, 6.07) is 6.67. The number of carboxylic acid groups (broad SMARTS) is 2. The fourth-order valence-corrected chi connectivity index (χ4v) is 1.60. The summed E-state index contributed by atoms with van der Waals surface area (Å²) < 4.78 is 0. The van der Waals surface area contributed by atoms with E-state index in [1.54, 1.807) is 13.0 Å². The molecule has 0 aromatic heterocycles. The minimum absolute atomic E-state index is 0. The Morgan fingerprint density at radius 1 is 1.26 bits per heavy atom. The van der Waals surface area contributed by atoms with Gasteiger partial charge in [-0.1, -0.05) is 18.2 Å². The molecule has 1 aromatic rings. The molecular weight excluding hydrogens is 270 g/mol. The van der Waals surface area contributed by atoms with Crippen molar-refractivity contribution in [1.29, 1.82) is 0 Å². The van der Waals surface area contributed by atoms with Gasteiger partial charge in [-0.15, -0.1) is 12.4 Å². The molecule has 0 spiro atoms. The lowest BCUT2D eigenvalue weighted by atomic mass is 10.1.